The molecule has 2 aromatic carbocycles. The highest BCUT2D eigenvalue weighted by Gasteiger charge is 2.39. The monoisotopic (exact) mass is 423 g/mol. The van der Waals surface area contributed by atoms with Crippen LogP contribution in [0.4, 0.5) is 5.69 Å². The van der Waals surface area contributed by atoms with Crippen LogP contribution in [0.2, 0.25) is 0 Å². The van der Waals surface area contributed by atoms with Gasteiger partial charge in [-0.15, -0.1) is 6.58 Å². The molecule has 0 unspecified atom stereocenters. The minimum atomic E-state index is -1.07. The molecule has 0 radical (unpaired) electrons. The third kappa shape index (κ3) is 3.79. The van der Waals surface area contributed by atoms with Gasteiger partial charge in [-0.25, -0.2) is 4.79 Å². The fourth-order valence-electron chi connectivity index (χ4n) is 3.28. The fraction of sp³-hybridized carbons (Fsp3) is 0.143. The number of fused-ring (bicyclic) bond motifs is 3. The number of anilines is 1. The number of aromatic amines is 1. The largest absolute Gasteiger partial charge is 0.481 e. The van der Waals surface area contributed by atoms with Crippen molar-refractivity contribution in [3.8, 4) is 17.0 Å². The Morgan fingerprint density at radius 3 is 2.83 bits per heavy atom. The number of aliphatic carboxylic acids is 1. The van der Waals surface area contributed by atoms with E-state index in [9.17, 15) is 9.59 Å². The molecule has 0 aliphatic carbocycles. The quantitative estimate of drug-likeness (QED) is 0.304. The van der Waals surface area contributed by atoms with E-state index >= 15 is 0 Å². The molecule has 3 aromatic rings. The van der Waals surface area contributed by atoms with Gasteiger partial charge in [0.1, 0.15) is 5.75 Å². The van der Waals surface area contributed by atoms with Gasteiger partial charge in [0.25, 0.3) is 6.17 Å². The van der Waals surface area contributed by atoms with Gasteiger partial charge in [0.05, 0.1) is 16.8 Å². The fourth-order valence-corrected chi connectivity index (χ4v) is 3.87. The lowest BCUT2D eigenvalue weighted by Crippen LogP contribution is -2.55. The number of carboxylic acids is 1. The predicted molar refractivity (Wildman–Crippen MR) is 113 cm³/mol. The summed E-state index contributed by atoms with van der Waals surface area (Å²) in [7, 11) is 0. The average molecular weight is 423 g/mol. The molecule has 4 rings (SSSR count). The second-order valence-corrected chi connectivity index (χ2v) is 7.47. The van der Waals surface area contributed by atoms with Gasteiger partial charge in [0.2, 0.25) is 5.16 Å². The average Bonchev–Trinajstić information content (AvgIpc) is 2.75. The van der Waals surface area contributed by atoms with E-state index in [4.69, 9.17) is 9.84 Å². The van der Waals surface area contributed by atoms with Crippen molar-refractivity contribution in [3.05, 3.63) is 77.1 Å². The number of carboxylic acid groups (broad SMARTS) is 1. The highest BCUT2D eigenvalue weighted by atomic mass is 32.2. The molecule has 0 spiro atoms. The van der Waals surface area contributed by atoms with Crippen LogP contribution in [0.1, 0.15) is 11.7 Å². The summed E-state index contributed by atoms with van der Waals surface area (Å²) in [5.74, 6) is -0.0787. The number of aromatic nitrogens is 3. The number of para-hydroxylation sites is 2. The number of carbonyl (C=O) groups is 1. The molecule has 0 fully saturated rings. The molecule has 152 valence electrons. The molecule has 30 heavy (non-hydrogen) atoms. The normalized spacial score (nSPS) is 14.2. The zero-order chi connectivity index (χ0) is 21.1. The predicted octanol–water partition coefficient (Wildman–Crippen LogP) is 2.44. The number of ether oxygens (including phenoxy) is 1. The number of nitrogens with one attached hydrogen (secondary N) is 2. The molecule has 0 bridgehead atoms. The summed E-state index contributed by atoms with van der Waals surface area (Å²) >= 11 is 1.36. The van der Waals surface area contributed by atoms with Gasteiger partial charge in [0, 0.05) is 10.9 Å². The summed E-state index contributed by atoms with van der Waals surface area (Å²) in [5, 5.41) is 17.5. The summed E-state index contributed by atoms with van der Waals surface area (Å²) in [6.45, 7) is 3.23. The van der Waals surface area contributed by atoms with Crippen LogP contribution in [0, 0.1) is 0 Å². The number of benzene rings is 2. The van der Waals surface area contributed by atoms with E-state index < -0.39 is 18.7 Å². The Kier molecular flexibility index (Phi) is 5.53. The Bertz CT molecular complexity index is 1180. The van der Waals surface area contributed by atoms with Crippen LogP contribution in [-0.2, 0) is 4.79 Å². The molecule has 2 heterocycles. The topological polar surface area (TPSA) is 108 Å². The second kappa shape index (κ2) is 8.42. The van der Waals surface area contributed by atoms with E-state index in [1.54, 1.807) is 22.9 Å². The minimum absolute atomic E-state index is 0.264. The first-order valence-electron chi connectivity index (χ1n) is 9.17. The second-order valence-electron chi connectivity index (χ2n) is 6.46. The Morgan fingerprint density at radius 1 is 1.27 bits per heavy atom. The van der Waals surface area contributed by atoms with Crippen molar-refractivity contribution in [3.63, 3.8) is 0 Å². The van der Waals surface area contributed by atoms with Crippen molar-refractivity contribution in [2.75, 3.05) is 17.7 Å². The molecule has 1 aliphatic heterocycles. The first-order valence-corrected chi connectivity index (χ1v) is 10.2. The van der Waals surface area contributed by atoms with Gasteiger partial charge in [0.15, 0.2) is 6.61 Å². The first kappa shape index (κ1) is 19.7. The smallest absolute Gasteiger partial charge is 0.341 e. The standard InChI is InChI=1S/C21H18N4O4S/c1-2-11-30-21-23-20(28)18-13-7-3-5-9-15(13)22-19(25(18)24-21)14-8-4-6-10-16(14)29-12-17(26)27/h2-10,19H,1,11-12H2,(H2,23,24,26,27,28)/p+1/t19-/m0/s1. The van der Waals surface area contributed by atoms with Crippen molar-refractivity contribution >= 4 is 23.4 Å². The lowest BCUT2D eigenvalue weighted by atomic mass is 10.0. The Labute approximate surface area is 176 Å². The van der Waals surface area contributed by atoms with Crippen LogP contribution < -0.4 is 20.3 Å². The van der Waals surface area contributed by atoms with E-state index in [-0.39, 0.29) is 5.56 Å². The van der Waals surface area contributed by atoms with E-state index in [1.807, 2.05) is 36.4 Å². The van der Waals surface area contributed by atoms with Crippen LogP contribution in [0.15, 0.2) is 71.1 Å². The summed E-state index contributed by atoms with van der Waals surface area (Å²) in [6, 6.07) is 14.6. The molecule has 3 N–H and O–H groups in total. The third-order valence-corrected chi connectivity index (χ3v) is 5.34. The maximum Gasteiger partial charge on any atom is 0.341 e. The SMILES string of the molecule is C=CCSc1n[n+]2c(c(=O)[nH]1)-c1ccccc1N[C@@H]2c1ccccc1OCC(=O)O. The molecule has 0 amide bonds. The molecule has 1 aromatic heterocycles. The summed E-state index contributed by atoms with van der Waals surface area (Å²) in [6.07, 6.45) is 1.17. The van der Waals surface area contributed by atoms with Crippen molar-refractivity contribution in [2.45, 2.75) is 11.3 Å². The van der Waals surface area contributed by atoms with Crippen LogP contribution >= 0.6 is 11.8 Å². The summed E-state index contributed by atoms with van der Waals surface area (Å²) < 4.78 is 7.12. The molecular formula is C21H19N4O4S+. The third-order valence-electron chi connectivity index (χ3n) is 4.48. The van der Waals surface area contributed by atoms with Crippen molar-refractivity contribution in [1.82, 2.24) is 10.1 Å². The van der Waals surface area contributed by atoms with Gasteiger partial charge >= 0.3 is 17.2 Å². The maximum atomic E-state index is 13.0. The number of hydrogen-bond acceptors (Lipinski definition) is 6. The van der Waals surface area contributed by atoms with Gasteiger partial charge in [-0.2, -0.15) is 0 Å². The van der Waals surface area contributed by atoms with Crippen molar-refractivity contribution in [2.24, 2.45) is 0 Å². The Hall–Kier alpha value is -3.59. The lowest BCUT2D eigenvalue weighted by Gasteiger charge is -2.23. The van der Waals surface area contributed by atoms with E-state index in [2.05, 4.69) is 22.0 Å². The highest BCUT2D eigenvalue weighted by molar-refractivity contribution is 7.99. The van der Waals surface area contributed by atoms with E-state index in [1.165, 1.54) is 11.8 Å². The molecule has 0 saturated carbocycles. The molecule has 1 atom stereocenters. The zero-order valence-electron chi connectivity index (χ0n) is 15.9. The number of rotatable bonds is 7. The van der Waals surface area contributed by atoms with Crippen LogP contribution in [0.3, 0.4) is 0 Å². The van der Waals surface area contributed by atoms with Crippen LogP contribution in [0.25, 0.3) is 11.3 Å². The lowest BCUT2D eigenvalue weighted by molar-refractivity contribution is -0.759. The summed E-state index contributed by atoms with van der Waals surface area (Å²) in [4.78, 5) is 26.8. The van der Waals surface area contributed by atoms with Crippen molar-refractivity contribution < 1.29 is 19.3 Å². The van der Waals surface area contributed by atoms with Crippen LogP contribution in [0.5, 0.6) is 5.75 Å². The molecular weight excluding hydrogens is 404 g/mol. The van der Waals surface area contributed by atoms with Gasteiger partial charge < -0.3 is 15.2 Å². The molecule has 1 aliphatic rings. The minimum Gasteiger partial charge on any atom is -0.481 e. The molecule has 0 saturated heterocycles. The van der Waals surface area contributed by atoms with E-state index in [0.717, 1.165) is 11.3 Å². The van der Waals surface area contributed by atoms with Gasteiger partial charge in [-0.3, -0.25) is 9.78 Å². The maximum absolute atomic E-state index is 13.0. The molecule has 8 nitrogen and oxygen atoms in total. The number of H-pyrrole nitrogens is 1. The van der Waals surface area contributed by atoms with Gasteiger partial charge in [-0.05, 0) is 28.9 Å². The molecule has 9 heteroatoms. The van der Waals surface area contributed by atoms with Crippen LogP contribution in [-0.4, -0.2) is 33.5 Å². The number of thioether (sulfide) groups is 1. The highest BCUT2D eigenvalue weighted by Crippen LogP contribution is 2.34. The Morgan fingerprint density at radius 2 is 2.03 bits per heavy atom. The van der Waals surface area contributed by atoms with Crippen molar-refractivity contribution in [1.29, 1.82) is 0 Å². The zero-order valence-corrected chi connectivity index (χ0v) is 16.7. The number of hydrogen-bond donors (Lipinski definition) is 3. The number of nitrogens with zero attached hydrogens (tertiary/aromatic N) is 2. The Balaban J connectivity index is 1.88. The summed E-state index contributed by atoms with van der Waals surface area (Å²) in [5.41, 5.74) is 2.31. The van der Waals surface area contributed by atoms with E-state index in [0.29, 0.717) is 27.9 Å². The first-order chi connectivity index (χ1) is 14.6. The van der Waals surface area contributed by atoms with Gasteiger partial charge in [-0.1, -0.05) is 42.1 Å².